The molecule has 1 aliphatic carbocycles. The Morgan fingerprint density at radius 3 is 2.38 bits per heavy atom. The Labute approximate surface area is 158 Å². The van der Waals surface area contributed by atoms with Crippen molar-refractivity contribution in [2.45, 2.75) is 30.3 Å². The molecule has 0 aromatic heterocycles. The Balaban J connectivity index is 1.89. The molecule has 7 heteroatoms. The molecule has 26 heavy (non-hydrogen) atoms. The Morgan fingerprint density at radius 1 is 1.19 bits per heavy atom. The molecule has 1 aliphatic rings. The highest BCUT2D eigenvalue weighted by molar-refractivity contribution is 7.90. The smallest absolute Gasteiger partial charge is 0.255 e. The van der Waals surface area contributed by atoms with Crippen molar-refractivity contribution in [1.82, 2.24) is 4.90 Å². The highest BCUT2D eigenvalue weighted by atomic mass is 35.5. The Hall–Kier alpha value is -2.05. The summed E-state index contributed by atoms with van der Waals surface area (Å²) < 4.78 is 28.8. The van der Waals surface area contributed by atoms with Gasteiger partial charge in [0.05, 0.1) is 22.6 Å². The lowest BCUT2D eigenvalue weighted by Crippen LogP contribution is -2.33. The molecule has 0 bridgehead atoms. The van der Waals surface area contributed by atoms with E-state index in [9.17, 15) is 13.2 Å². The minimum absolute atomic E-state index is 0.0884. The minimum Gasteiger partial charge on any atom is -0.497 e. The molecule has 0 heterocycles. The topological polar surface area (TPSA) is 63.7 Å². The molecule has 0 atom stereocenters. The molecular weight excluding hydrogens is 374 g/mol. The van der Waals surface area contributed by atoms with Gasteiger partial charge in [0.15, 0.2) is 9.84 Å². The molecule has 1 fully saturated rings. The largest absolute Gasteiger partial charge is 0.497 e. The first-order valence-corrected chi connectivity index (χ1v) is 10.5. The van der Waals surface area contributed by atoms with Gasteiger partial charge in [-0.2, -0.15) is 0 Å². The van der Waals surface area contributed by atoms with Gasteiger partial charge >= 0.3 is 0 Å². The lowest BCUT2D eigenvalue weighted by Gasteiger charge is -2.23. The number of methoxy groups -OCH3 is 1. The van der Waals surface area contributed by atoms with E-state index >= 15 is 0 Å². The predicted molar refractivity (Wildman–Crippen MR) is 100 cm³/mol. The molecule has 3 rings (SSSR count). The summed E-state index contributed by atoms with van der Waals surface area (Å²) in [4.78, 5) is 14.9. The second-order valence-electron chi connectivity index (χ2n) is 6.43. The first-order chi connectivity index (χ1) is 12.3. The number of hydrogen-bond donors (Lipinski definition) is 0. The quantitative estimate of drug-likeness (QED) is 0.752. The number of hydrogen-bond acceptors (Lipinski definition) is 4. The maximum Gasteiger partial charge on any atom is 0.255 e. The number of sulfone groups is 1. The SMILES string of the molecule is COc1ccc(CN(C(=O)c2cc(S(C)(=O)=O)ccc2Cl)C2CC2)cc1. The van der Waals surface area contributed by atoms with Crippen LogP contribution in [-0.4, -0.2) is 38.6 Å². The van der Waals surface area contributed by atoms with Gasteiger partial charge in [0, 0.05) is 18.8 Å². The number of ether oxygens (including phenoxy) is 1. The Morgan fingerprint density at radius 2 is 1.85 bits per heavy atom. The Bertz CT molecular complexity index is 921. The fourth-order valence-corrected chi connectivity index (χ4v) is 3.58. The Kier molecular flexibility index (Phi) is 5.25. The third kappa shape index (κ3) is 4.19. The van der Waals surface area contributed by atoms with Gasteiger partial charge in [-0.05, 0) is 48.7 Å². The van der Waals surface area contributed by atoms with Gasteiger partial charge in [-0.25, -0.2) is 8.42 Å². The summed E-state index contributed by atoms with van der Waals surface area (Å²) in [7, 11) is -1.81. The summed E-state index contributed by atoms with van der Waals surface area (Å²) >= 11 is 6.19. The van der Waals surface area contributed by atoms with Gasteiger partial charge in [-0.1, -0.05) is 23.7 Å². The van der Waals surface area contributed by atoms with Crippen molar-refractivity contribution in [3.05, 3.63) is 58.6 Å². The zero-order valence-corrected chi connectivity index (χ0v) is 16.2. The highest BCUT2D eigenvalue weighted by Crippen LogP contribution is 2.32. The number of nitrogens with zero attached hydrogens (tertiary/aromatic N) is 1. The summed E-state index contributed by atoms with van der Waals surface area (Å²) in [5, 5.41) is 0.253. The number of rotatable bonds is 6. The molecule has 2 aromatic carbocycles. The van der Waals surface area contributed by atoms with E-state index in [-0.39, 0.29) is 27.4 Å². The van der Waals surface area contributed by atoms with Gasteiger partial charge in [-0.3, -0.25) is 4.79 Å². The second-order valence-corrected chi connectivity index (χ2v) is 8.85. The first kappa shape index (κ1) is 18.7. The summed E-state index contributed by atoms with van der Waals surface area (Å²) in [6, 6.07) is 11.9. The van der Waals surface area contributed by atoms with E-state index in [1.165, 1.54) is 18.2 Å². The van der Waals surface area contributed by atoms with Gasteiger partial charge in [0.1, 0.15) is 5.75 Å². The monoisotopic (exact) mass is 393 g/mol. The van der Waals surface area contributed by atoms with Crippen molar-refractivity contribution >= 4 is 27.3 Å². The van der Waals surface area contributed by atoms with Crippen LogP contribution < -0.4 is 4.74 Å². The van der Waals surface area contributed by atoms with Crippen molar-refractivity contribution in [3.63, 3.8) is 0 Å². The molecule has 0 saturated heterocycles. The van der Waals surface area contributed by atoms with Crippen molar-refractivity contribution in [3.8, 4) is 5.75 Å². The molecule has 0 N–H and O–H groups in total. The number of carbonyl (C=O) groups excluding carboxylic acids is 1. The normalized spacial score (nSPS) is 14.1. The average Bonchev–Trinajstić information content (AvgIpc) is 3.44. The van der Waals surface area contributed by atoms with Crippen LogP contribution in [0.15, 0.2) is 47.4 Å². The van der Waals surface area contributed by atoms with Gasteiger partial charge in [-0.15, -0.1) is 0 Å². The highest BCUT2D eigenvalue weighted by Gasteiger charge is 2.34. The fourth-order valence-electron chi connectivity index (χ4n) is 2.73. The van der Waals surface area contributed by atoms with E-state index < -0.39 is 9.84 Å². The number of halogens is 1. The average molecular weight is 394 g/mol. The maximum absolute atomic E-state index is 13.1. The van der Waals surface area contributed by atoms with Crippen LogP contribution in [0.2, 0.25) is 5.02 Å². The van der Waals surface area contributed by atoms with Crippen LogP contribution in [0.25, 0.3) is 0 Å². The second kappa shape index (κ2) is 7.29. The van der Waals surface area contributed by atoms with E-state index in [1.807, 2.05) is 24.3 Å². The first-order valence-electron chi connectivity index (χ1n) is 8.23. The lowest BCUT2D eigenvalue weighted by molar-refractivity contribution is 0.0730. The number of benzene rings is 2. The maximum atomic E-state index is 13.1. The van der Waals surface area contributed by atoms with Crippen molar-refractivity contribution in [1.29, 1.82) is 0 Å². The summed E-state index contributed by atoms with van der Waals surface area (Å²) in [6.07, 6.45) is 2.98. The predicted octanol–water partition coefficient (Wildman–Crippen LogP) is 3.56. The molecule has 0 unspecified atom stereocenters. The zero-order chi connectivity index (χ0) is 18.9. The molecular formula is C19H20ClNO4S. The van der Waals surface area contributed by atoms with Crippen LogP contribution in [0.5, 0.6) is 5.75 Å². The molecule has 1 amide bonds. The van der Waals surface area contributed by atoms with Crippen LogP contribution >= 0.6 is 11.6 Å². The van der Waals surface area contributed by atoms with Gasteiger partial charge in [0.2, 0.25) is 0 Å². The van der Waals surface area contributed by atoms with E-state index in [4.69, 9.17) is 16.3 Å². The van der Waals surface area contributed by atoms with Crippen LogP contribution in [0.1, 0.15) is 28.8 Å². The van der Waals surface area contributed by atoms with E-state index in [1.54, 1.807) is 12.0 Å². The van der Waals surface area contributed by atoms with Crippen molar-refractivity contribution < 1.29 is 17.9 Å². The third-order valence-corrected chi connectivity index (χ3v) is 5.80. The van der Waals surface area contributed by atoms with Gasteiger partial charge in [0.25, 0.3) is 5.91 Å². The molecule has 0 aliphatic heterocycles. The summed E-state index contributed by atoms with van der Waals surface area (Å²) in [5.74, 6) is 0.501. The molecule has 0 spiro atoms. The molecule has 138 valence electrons. The van der Waals surface area contributed by atoms with Crippen LogP contribution in [-0.2, 0) is 16.4 Å². The third-order valence-electron chi connectivity index (χ3n) is 4.36. The number of amides is 1. The van der Waals surface area contributed by atoms with E-state index in [0.717, 1.165) is 30.4 Å². The van der Waals surface area contributed by atoms with Crippen LogP contribution in [0, 0.1) is 0 Å². The fraction of sp³-hybridized carbons (Fsp3) is 0.316. The molecule has 1 saturated carbocycles. The minimum atomic E-state index is -3.42. The molecule has 5 nitrogen and oxygen atoms in total. The van der Waals surface area contributed by atoms with Crippen molar-refractivity contribution in [2.24, 2.45) is 0 Å². The van der Waals surface area contributed by atoms with E-state index in [0.29, 0.717) is 6.54 Å². The molecule has 2 aromatic rings. The lowest BCUT2D eigenvalue weighted by atomic mass is 10.1. The van der Waals surface area contributed by atoms with Gasteiger partial charge < -0.3 is 9.64 Å². The van der Waals surface area contributed by atoms with Crippen LogP contribution in [0.4, 0.5) is 0 Å². The number of carbonyl (C=O) groups is 1. The summed E-state index contributed by atoms with van der Waals surface area (Å²) in [6.45, 7) is 0.437. The standard InChI is InChI=1S/C19H20ClNO4S/c1-25-15-7-3-13(4-8-15)12-21(14-5-6-14)19(22)17-11-16(26(2,23)24)9-10-18(17)20/h3-4,7-11,14H,5-6,12H2,1-2H3. The van der Waals surface area contributed by atoms with E-state index in [2.05, 4.69) is 0 Å². The zero-order valence-electron chi connectivity index (χ0n) is 14.6. The molecule has 0 radical (unpaired) electrons. The van der Waals surface area contributed by atoms with Crippen LogP contribution in [0.3, 0.4) is 0 Å². The van der Waals surface area contributed by atoms with Crippen molar-refractivity contribution in [2.75, 3.05) is 13.4 Å². The summed E-state index contributed by atoms with van der Waals surface area (Å²) in [5.41, 5.74) is 1.19.